The first-order valence-electron chi connectivity index (χ1n) is 6.26. The Morgan fingerprint density at radius 1 is 1.16 bits per heavy atom. The fraction of sp³-hybridized carbons (Fsp3) is 0.231. The van der Waals surface area contributed by atoms with Gasteiger partial charge >= 0.3 is 5.51 Å². The topological polar surface area (TPSA) is 121 Å². The second kappa shape index (κ2) is 7.45. The number of nitrogens with zero attached hydrogens (tertiary/aromatic N) is 1. The van der Waals surface area contributed by atoms with Gasteiger partial charge in [0.2, 0.25) is 0 Å². The van der Waals surface area contributed by atoms with Gasteiger partial charge in [0.05, 0.1) is 4.92 Å². The predicted octanol–water partition coefficient (Wildman–Crippen LogP) is 2.74. The van der Waals surface area contributed by atoms with Crippen molar-refractivity contribution in [2.24, 2.45) is 0 Å². The van der Waals surface area contributed by atoms with Crippen molar-refractivity contribution in [2.75, 3.05) is 12.5 Å². The first-order chi connectivity index (χ1) is 11.3. The third kappa shape index (κ3) is 4.96. The van der Waals surface area contributed by atoms with Crippen molar-refractivity contribution in [1.29, 1.82) is 0 Å². The van der Waals surface area contributed by atoms with E-state index >= 15 is 0 Å². The van der Waals surface area contributed by atoms with Crippen LogP contribution in [0, 0.1) is 10.1 Å². The van der Waals surface area contributed by atoms with Crippen molar-refractivity contribution in [3.05, 3.63) is 40.4 Å². The Morgan fingerprint density at radius 2 is 1.68 bits per heavy atom. The van der Waals surface area contributed by atoms with E-state index in [0.29, 0.717) is 5.39 Å². The van der Waals surface area contributed by atoms with Gasteiger partial charge in [-0.25, -0.2) is 8.42 Å². The highest BCUT2D eigenvalue weighted by atomic mass is 32.2. The van der Waals surface area contributed by atoms with Crippen molar-refractivity contribution < 1.29 is 36.2 Å². The van der Waals surface area contributed by atoms with E-state index in [-0.39, 0.29) is 22.3 Å². The van der Waals surface area contributed by atoms with E-state index in [1.807, 2.05) is 24.6 Å². The molecule has 0 aliphatic heterocycles. The summed E-state index contributed by atoms with van der Waals surface area (Å²) in [4.78, 5) is 11.5. The Balaban J connectivity index is 0.000000333. The van der Waals surface area contributed by atoms with Gasteiger partial charge in [-0.15, -0.1) is 0 Å². The van der Waals surface area contributed by atoms with Crippen molar-refractivity contribution in [1.82, 2.24) is 0 Å². The molecule has 2 rings (SSSR count). The van der Waals surface area contributed by atoms with Gasteiger partial charge in [0, 0.05) is 22.3 Å². The fourth-order valence-electron chi connectivity index (χ4n) is 1.85. The van der Waals surface area contributed by atoms with E-state index in [1.54, 1.807) is 6.07 Å². The van der Waals surface area contributed by atoms with Crippen molar-refractivity contribution in [3.8, 4) is 5.75 Å². The largest absolute Gasteiger partial charge is 0.741 e. The quantitative estimate of drug-likeness (QED) is 0.273. The van der Waals surface area contributed by atoms with Crippen LogP contribution in [0.3, 0.4) is 0 Å². The van der Waals surface area contributed by atoms with Crippen LogP contribution in [0.5, 0.6) is 5.75 Å². The average molecular weight is 399 g/mol. The number of phenolic OH excluding ortho intramolecular Hbond substituents is 1. The number of benzene rings is 2. The maximum Gasteiger partial charge on any atom is 0.485 e. The van der Waals surface area contributed by atoms with Gasteiger partial charge in [-0.3, -0.25) is 10.1 Å². The number of aromatic hydroxyl groups is 1. The lowest BCUT2D eigenvalue weighted by atomic mass is 10.1. The number of nitro groups is 1. The minimum absolute atomic E-state index is 0.0170. The second-order valence-corrected chi connectivity index (χ2v) is 8.20. The molecule has 0 spiro atoms. The molecule has 25 heavy (non-hydrogen) atoms. The van der Waals surface area contributed by atoms with E-state index in [2.05, 4.69) is 0 Å². The van der Waals surface area contributed by atoms with Gasteiger partial charge in [0.1, 0.15) is 23.6 Å². The van der Waals surface area contributed by atoms with Gasteiger partial charge in [0.25, 0.3) is 5.69 Å². The van der Waals surface area contributed by atoms with Crippen LogP contribution in [0.15, 0.2) is 35.2 Å². The Bertz CT molecular complexity index is 897. The van der Waals surface area contributed by atoms with Gasteiger partial charge in [-0.2, -0.15) is 13.2 Å². The molecular weight excluding hydrogens is 387 g/mol. The smallest absolute Gasteiger partial charge is 0.485 e. The number of phenols is 1. The van der Waals surface area contributed by atoms with Crippen LogP contribution in [0.25, 0.3) is 10.8 Å². The van der Waals surface area contributed by atoms with E-state index in [0.717, 1.165) is 10.3 Å². The van der Waals surface area contributed by atoms with E-state index < -0.39 is 20.5 Å². The molecule has 7 nitrogen and oxygen atoms in total. The molecule has 138 valence electrons. The Kier molecular flexibility index (Phi) is 6.26. The molecule has 0 atom stereocenters. The van der Waals surface area contributed by atoms with Gasteiger partial charge in [-0.1, -0.05) is 6.07 Å². The normalized spacial score (nSPS) is 12.0. The predicted molar refractivity (Wildman–Crippen MR) is 85.5 cm³/mol. The zero-order valence-electron chi connectivity index (χ0n) is 12.8. The number of non-ortho nitro benzene ring substituents is 1. The third-order valence-corrected chi connectivity index (χ3v) is 4.68. The summed E-state index contributed by atoms with van der Waals surface area (Å²) in [5.41, 5.74) is -5.69. The van der Waals surface area contributed by atoms with Crippen LogP contribution in [0.2, 0.25) is 0 Å². The van der Waals surface area contributed by atoms with Crippen LogP contribution in [-0.2, 0) is 21.0 Å². The molecule has 12 heteroatoms. The van der Waals surface area contributed by atoms with Crippen LogP contribution >= 0.6 is 0 Å². The summed E-state index contributed by atoms with van der Waals surface area (Å²) in [5, 5.41) is 21.8. The zero-order valence-corrected chi connectivity index (χ0v) is 14.4. The molecule has 1 N–H and O–H groups in total. The zero-order chi connectivity index (χ0) is 19.6. The van der Waals surface area contributed by atoms with Gasteiger partial charge < -0.3 is 9.66 Å². The average Bonchev–Trinajstić information content (AvgIpc) is 2.45. The van der Waals surface area contributed by atoms with Crippen LogP contribution in [0.4, 0.5) is 18.9 Å². The molecule has 0 amide bonds. The van der Waals surface area contributed by atoms with Gasteiger partial charge in [0.15, 0.2) is 15.0 Å². The molecule has 0 unspecified atom stereocenters. The summed E-state index contributed by atoms with van der Waals surface area (Å²) in [6, 6.07) is 8.22. The highest BCUT2D eigenvalue weighted by Crippen LogP contribution is 2.36. The molecule has 0 radical (unpaired) electrons. The van der Waals surface area contributed by atoms with Crippen molar-refractivity contribution >= 4 is 37.5 Å². The van der Waals surface area contributed by atoms with E-state index in [4.69, 9.17) is 13.0 Å². The lowest BCUT2D eigenvalue weighted by Crippen LogP contribution is -2.21. The van der Waals surface area contributed by atoms with E-state index in [1.165, 1.54) is 12.1 Å². The minimum Gasteiger partial charge on any atom is -0.741 e. The maximum absolute atomic E-state index is 10.9. The summed E-state index contributed by atoms with van der Waals surface area (Å²) >= 11 is 0. The first-order valence-corrected chi connectivity index (χ1v) is 9.71. The number of hydrogen-bond donors (Lipinski definition) is 1. The SMILES string of the molecule is C[S+](C)c1ccc(O)c2c([N+](=O)[O-])cccc12.O=S(=O)([O-])C(F)(F)F. The maximum atomic E-state index is 10.9. The molecule has 0 fully saturated rings. The number of nitro benzene ring substituents is 1. The number of fused-ring (bicyclic) bond motifs is 1. The first kappa shape index (κ1) is 21.0. The molecular formula is C13H12F3NO6S2. The Labute approximate surface area is 143 Å². The second-order valence-electron chi connectivity index (χ2n) is 4.76. The van der Waals surface area contributed by atoms with Crippen LogP contribution < -0.4 is 0 Å². The van der Waals surface area contributed by atoms with E-state index in [9.17, 15) is 28.4 Å². The van der Waals surface area contributed by atoms with Crippen LogP contribution in [0.1, 0.15) is 0 Å². The lowest BCUT2D eigenvalue weighted by Gasteiger charge is -2.08. The number of hydrogen-bond acceptors (Lipinski definition) is 6. The number of alkyl halides is 3. The Hall–Kier alpha value is -2.05. The number of halogens is 3. The number of rotatable bonds is 2. The molecule has 2 aromatic carbocycles. The molecule has 0 heterocycles. The third-order valence-electron chi connectivity index (χ3n) is 2.88. The Morgan fingerprint density at radius 3 is 2.08 bits per heavy atom. The summed E-state index contributed by atoms with van der Waals surface area (Å²) < 4.78 is 58.9. The molecule has 0 aliphatic carbocycles. The van der Waals surface area contributed by atoms with Crippen LogP contribution in [-0.4, -0.2) is 41.0 Å². The van der Waals surface area contributed by atoms with Gasteiger partial charge in [-0.05, 0) is 18.2 Å². The molecule has 2 aromatic rings. The standard InChI is InChI=1S/C12H11NO3S.CHF3O3S/c1-17(2)11-7-6-10(14)12-8(11)4-3-5-9(12)13(15)16;2-1(3,4)8(5,6)7/h3-7H,1-2H3;(H,5,6,7). The summed E-state index contributed by atoms with van der Waals surface area (Å²) in [5.74, 6) is -0.0403. The van der Waals surface area contributed by atoms with Crippen molar-refractivity contribution in [3.63, 3.8) is 0 Å². The minimum atomic E-state index is -6.09. The summed E-state index contributed by atoms with van der Waals surface area (Å²) in [7, 11) is -6.11. The molecule has 0 aromatic heterocycles. The lowest BCUT2D eigenvalue weighted by molar-refractivity contribution is -0.383. The monoisotopic (exact) mass is 399 g/mol. The molecule has 0 aliphatic rings. The molecule has 0 bridgehead atoms. The molecule has 0 saturated heterocycles. The highest BCUT2D eigenvalue weighted by Gasteiger charge is 2.36. The fourth-order valence-corrected chi connectivity index (χ4v) is 2.80. The molecule has 0 saturated carbocycles. The summed E-state index contributed by atoms with van der Waals surface area (Å²) in [6.45, 7) is 0. The summed E-state index contributed by atoms with van der Waals surface area (Å²) in [6.07, 6.45) is 4.09. The van der Waals surface area contributed by atoms with Crippen molar-refractivity contribution in [2.45, 2.75) is 10.4 Å². The highest BCUT2D eigenvalue weighted by molar-refractivity contribution is 7.95.